The van der Waals surface area contributed by atoms with Crippen LogP contribution in [0.4, 0.5) is 8.78 Å². The molecule has 1 heterocycles. The molecule has 5 nitrogen and oxygen atoms in total. The zero-order valence-corrected chi connectivity index (χ0v) is 16.2. The van der Waals surface area contributed by atoms with Gasteiger partial charge in [-0.1, -0.05) is 12.1 Å². The number of halogens is 2. The molecule has 0 spiro atoms. The van der Waals surface area contributed by atoms with E-state index in [1.165, 1.54) is 6.07 Å². The van der Waals surface area contributed by atoms with E-state index in [0.717, 1.165) is 24.7 Å². The Labute approximate surface area is 164 Å². The van der Waals surface area contributed by atoms with Crippen molar-refractivity contribution in [2.45, 2.75) is 12.6 Å². The predicted octanol–water partition coefficient (Wildman–Crippen LogP) is 3.15. The smallest absolute Gasteiger partial charge is 0.161 e. The van der Waals surface area contributed by atoms with Crippen molar-refractivity contribution < 1.29 is 23.0 Å². The van der Waals surface area contributed by atoms with Crippen molar-refractivity contribution in [3.63, 3.8) is 0 Å². The molecular formula is C21H26F2N2O3. The van der Waals surface area contributed by atoms with E-state index in [-0.39, 0.29) is 6.04 Å². The van der Waals surface area contributed by atoms with Gasteiger partial charge in [-0.25, -0.2) is 8.78 Å². The van der Waals surface area contributed by atoms with Crippen LogP contribution in [0.5, 0.6) is 11.5 Å². The average Bonchev–Trinajstić information content (AvgIpc) is 2.74. The minimum Gasteiger partial charge on any atom is -0.493 e. The minimum absolute atomic E-state index is 0.0917. The van der Waals surface area contributed by atoms with Crippen LogP contribution in [-0.4, -0.2) is 52.0 Å². The van der Waals surface area contributed by atoms with Crippen molar-refractivity contribution in [1.82, 2.24) is 10.2 Å². The highest BCUT2D eigenvalue weighted by Gasteiger charge is 2.23. The molecule has 0 aliphatic carbocycles. The molecule has 28 heavy (non-hydrogen) atoms. The minimum atomic E-state index is -0.833. The van der Waals surface area contributed by atoms with E-state index in [9.17, 15) is 8.78 Å². The van der Waals surface area contributed by atoms with Crippen LogP contribution in [0.25, 0.3) is 0 Å². The number of ether oxygens (including phenoxy) is 3. The van der Waals surface area contributed by atoms with E-state index in [2.05, 4.69) is 10.2 Å². The van der Waals surface area contributed by atoms with Crippen molar-refractivity contribution in [2.24, 2.45) is 0 Å². The first-order valence-electron chi connectivity index (χ1n) is 9.30. The molecule has 1 aliphatic heterocycles. The highest BCUT2D eigenvalue weighted by atomic mass is 19.2. The lowest BCUT2D eigenvalue weighted by Gasteiger charge is -2.35. The van der Waals surface area contributed by atoms with Gasteiger partial charge in [0.05, 0.1) is 27.4 Å². The van der Waals surface area contributed by atoms with Crippen molar-refractivity contribution in [3.8, 4) is 11.5 Å². The molecule has 2 aromatic rings. The SMILES string of the molecule is COc1ccc([C@@H](CNCc2ccc(F)c(F)c2)N2CCOCC2)cc1OC. The zero-order chi connectivity index (χ0) is 19.9. The van der Waals surface area contributed by atoms with Crippen LogP contribution < -0.4 is 14.8 Å². The summed E-state index contributed by atoms with van der Waals surface area (Å²) < 4.78 is 42.8. The molecule has 1 aliphatic rings. The number of hydrogen-bond acceptors (Lipinski definition) is 5. The fourth-order valence-corrected chi connectivity index (χ4v) is 3.41. The predicted molar refractivity (Wildman–Crippen MR) is 103 cm³/mol. The summed E-state index contributed by atoms with van der Waals surface area (Å²) in [6.07, 6.45) is 0. The van der Waals surface area contributed by atoms with E-state index in [1.54, 1.807) is 20.3 Å². The first kappa shape index (κ1) is 20.5. The molecule has 0 bridgehead atoms. The molecule has 1 fully saturated rings. The summed E-state index contributed by atoms with van der Waals surface area (Å²) in [5.74, 6) is -0.301. The molecule has 0 aromatic heterocycles. The topological polar surface area (TPSA) is 43.0 Å². The number of benzene rings is 2. The molecule has 152 valence electrons. The number of rotatable bonds is 8. The molecule has 0 saturated carbocycles. The van der Waals surface area contributed by atoms with Gasteiger partial charge in [-0.2, -0.15) is 0 Å². The van der Waals surface area contributed by atoms with Gasteiger partial charge in [0.1, 0.15) is 0 Å². The van der Waals surface area contributed by atoms with Gasteiger partial charge >= 0.3 is 0 Å². The molecule has 0 amide bonds. The zero-order valence-electron chi connectivity index (χ0n) is 16.2. The molecule has 0 unspecified atom stereocenters. The standard InChI is InChI=1S/C21H26F2N2O3/c1-26-20-6-4-16(12-21(20)27-2)19(25-7-9-28-10-8-25)14-24-13-15-3-5-17(22)18(23)11-15/h3-6,11-12,19,24H,7-10,13-14H2,1-2H3/t19-/m1/s1. The molecule has 0 radical (unpaired) electrons. The van der Waals surface area contributed by atoms with Crippen molar-refractivity contribution in [1.29, 1.82) is 0 Å². The third-order valence-corrected chi connectivity index (χ3v) is 4.93. The summed E-state index contributed by atoms with van der Waals surface area (Å²) in [6.45, 7) is 4.12. The monoisotopic (exact) mass is 392 g/mol. The van der Waals surface area contributed by atoms with E-state index in [1.807, 2.05) is 18.2 Å². The van der Waals surface area contributed by atoms with Crippen LogP contribution in [-0.2, 0) is 11.3 Å². The van der Waals surface area contributed by atoms with Gasteiger partial charge in [-0.15, -0.1) is 0 Å². The maximum atomic E-state index is 13.4. The Hall–Kier alpha value is -2.22. The molecule has 7 heteroatoms. The van der Waals surface area contributed by atoms with Gasteiger partial charge < -0.3 is 19.5 Å². The van der Waals surface area contributed by atoms with Crippen LogP contribution in [0.2, 0.25) is 0 Å². The maximum Gasteiger partial charge on any atom is 0.161 e. The van der Waals surface area contributed by atoms with Gasteiger partial charge in [0.25, 0.3) is 0 Å². The first-order chi connectivity index (χ1) is 13.6. The number of hydrogen-bond donors (Lipinski definition) is 1. The Kier molecular flexibility index (Phi) is 7.19. The van der Waals surface area contributed by atoms with Gasteiger partial charge in [0, 0.05) is 32.2 Å². The molecule has 1 atom stereocenters. The van der Waals surface area contributed by atoms with E-state index in [4.69, 9.17) is 14.2 Å². The number of methoxy groups -OCH3 is 2. The first-order valence-corrected chi connectivity index (χ1v) is 9.30. The Morgan fingerprint density at radius 1 is 1.00 bits per heavy atom. The van der Waals surface area contributed by atoms with Gasteiger partial charge in [0.15, 0.2) is 23.1 Å². The Balaban J connectivity index is 1.74. The van der Waals surface area contributed by atoms with Crippen molar-refractivity contribution in [2.75, 3.05) is 47.1 Å². The summed E-state index contributed by atoms with van der Waals surface area (Å²) in [6, 6.07) is 9.97. The Morgan fingerprint density at radius 3 is 2.43 bits per heavy atom. The fraction of sp³-hybridized carbons (Fsp3) is 0.429. The summed E-state index contributed by atoms with van der Waals surface area (Å²) >= 11 is 0. The van der Waals surface area contributed by atoms with E-state index >= 15 is 0 Å². The molecule has 1 N–H and O–H groups in total. The van der Waals surface area contributed by atoms with Crippen LogP contribution in [0.1, 0.15) is 17.2 Å². The highest BCUT2D eigenvalue weighted by molar-refractivity contribution is 5.44. The Bertz CT molecular complexity index is 782. The van der Waals surface area contributed by atoms with Gasteiger partial charge in [0.2, 0.25) is 0 Å². The number of morpholine rings is 1. The van der Waals surface area contributed by atoms with Crippen LogP contribution in [0, 0.1) is 11.6 Å². The lowest BCUT2D eigenvalue weighted by Crippen LogP contribution is -2.42. The summed E-state index contributed by atoms with van der Waals surface area (Å²) in [5.41, 5.74) is 1.80. The normalized spacial score (nSPS) is 16.0. The second-order valence-corrected chi connectivity index (χ2v) is 6.66. The third-order valence-electron chi connectivity index (χ3n) is 4.93. The van der Waals surface area contributed by atoms with Crippen molar-refractivity contribution >= 4 is 0 Å². The Morgan fingerprint density at radius 2 is 1.75 bits per heavy atom. The van der Waals surface area contributed by atoms with Crippen LogP contribution >= 0.6 is 0 Å². The van der Waals surface area contributed by atoms with Crippen LogP contribution in [0.3, 0.4) is 0 Å². The lowest BCUT2D eigenvalue weighted by atomic mass is 10.0. The van der Waals surface area contributed by atoms with Crippen molar-refractivity contribution in [3.05, 3.63) is 59.2 Å². The van der Waals surface area contributed by atoms with Crippen LogP contribution in [0.15, 0.2) is 36.4 Å². The molecule has 2 aromatic carbocycles. The quantitative estimate of drug-likeness (QED) is 0.748. The second-order valence-electron chi connectivity index (χ2n) is 6.66. The second kappa shape index (κ2) is 9.82. The van der Waals surface area contributed by atoms with E-state index in [0.29, 0.717) is 43.4 Å². The van der Waals surface area contributed by atoms with E-state index < -0.39 is 11.6 Å². The molecule has 1 saturated heterocycles. The summed E-state index contributed by atoms with van der Waals surface area (Å²) in [7, 11) is 3.23. The third kappa shape index (κ3) is 4.98. The molecular weight excluding hydrogens is 366 g/mol. The fourth-order valence-electron chi connectivity index (χ4n) is 3.41. The maximum absolute atomic E-state index is 13.4. The average molecular weight is 392 g/mol. The summed E-state index contributed by atoms with van der Waals surface area (Å²) in [5, 5.41) is 3.37. The summed E-state index contributed by atoms with van der Waals surface area (Å²) in [4.78, 5) is 2.35. The highest BCUT2D eigenvalue weighted by Crippen LogP contribution is 2.32. The lowest BCUT2D eigenvalue weighted by molar-refractivity contribution is 0.0160. The number of nitrogens with zero attached hydrogens (tertiary/aromatic N) is 1. The van der Waals surface area contributed by atoms with Gasteiger partial charge in [-0.3, -0.25) is 4.90 Å². The van der Waals surface area contributed by atoms with Gasteiger partial charge in [-0.05, 0) is 35.4 Å². The number of nitrogens with one attached hydrogen (secondary N) is 1. The largest absolute Gasteiger partial charge is 0.493 e. The molecule has 3 rings (SSSR count).